The normalized spacial score (nSPS) is 18.0. The Morgan fingerprint density at radius 3 is 2.96 bits per heavy atom. The highest BCUT2D eigenvalue weighted by Gasteiger charge is 2.34. The monoisotopic (exact) mass is 329 g/mol. The van der Waals surface area contributed by atoms with Gasteiger partial charge in [-0.2, -0.15) is 5.10 Å². The molecule has 1 saturated heterocycles. The number of hydrogen-bond donors (Lipinski definition) is 2. The fourth-order valence-electron chi connectivity index (χ4n) is 3.19. The molecule has 4 rings (SSSR count). The minimum absolute atomic E-state index is 0.101. The van der Waals surface area contributed by atoms with Crippen molar-refractivity contribution in [1.29, 1.82) is 0 Å². The maximum Gasteiger partial charge on any atom is 0.272 e. The van der Waals surface area contributed by atoms with E-state index in [1.165, 1.54) is 0 Å². The molecule has 0 radical (unpaired) electrons. The van der Waals surface area contributed by atoms with Gasteiger partial charge in [0.1, 0.15) is 11.5 Å². The minimum atomic E-state index is -0.102. The van der Waals surface area contributed by atoms with E-state index in [-0.39, 0.29) is 11.9 Å². The number of amides is 1. The Morgan fingerprint density at radius 1 is 1.39 bits per heavy atom. The van der Waals surface area contributed by atoms with Gasteiger partial charge in [0.25, 0.3) is 5.91 Å². The highest BCUT2D eigenvalue weighted by Crippen LogP contribution is 2.34. The third kappa shape index (κ3) is 2.30. The largest absolute Gasteiger partial charge is 0.349 e. The first-order valence-electron chi connectivity index (χ1n) is 7.61. The molecule has 2 N–H and O–H groups in total. The van der Waals surface area contributed by atoms with Crippen LogP contribution in [0.25, 0.3) is 10.9 Å². The van der Waals surface area contributed by atoms with Gasteiger partial charge in [-0.25, -0.2) is 4.98 Å². The van der Waals surface area contributed by atoms with Crippen LogP contribution in [0.1, 0.15) is 41.0 Å². The first-order valence-corrected chi connectivity index (χ1v) is 7.99. The number of nitrogens with zero attached hydrogens (tertiary/aromatic N) is 3. The first-order chi connectivity index (χ1) is 11.1. The van der Waals surface area contributed by atoms with Crippen LogP contribution in [0.2, 0.25) is 5.02 Å². The molecule has 23 heavy (non-hydrogen) atoms. The summed E-state index contributed by atoms with van der Waals surface area (Å²) in [5, 5.41) is 8.40. The molecule has 0 aliphatic carbocycles. The van der Waals surface area contributed by atoms with Gasteiger partial charge < -0.3 is 9.88 Å². The molecule has 1 amide bonds. The number of aromatic nitrogens is 4. The van der Waals surface area contributed by atoms with Crippen molar-refractivity contribution in [3.8, 4) is 0 Å². The average molecular weight is 330 g/mol. The molecular formula is C16H16ClN5O. The smallest absolute Gasteiger partial charge is 0.272 e. The van der Waals surface area contributed by atoms with Crippen molar-refractivity contribution < 1.29 is 4.79 Å². The zero-order valence-corrected chi connectivity index (χ0v) is 13.4. The molecule has 118 valence electrons. The van der Waals surface area contributed by atoms with Crippen molar-refractivity contribution in [2.75, 3.05) is 6.54 Å². The number of rotatable bonds is 2. The number of nitrogens with one attached hydrogen (secondary N) is 2. The van der Waals surface area contributed by atoms with Crippen molar-refractivity contribution in [3.05, 3.63) is 46.6 Å². The van der Waals surface area contributed by atoms with Gasteiger partial charge >= 0.3 is 0 Å². The maximum atomic E-state index is 13.0. The number of carbonyl (C=O) groups excluding carboxylic acids is 1. The molecule has 1 aliphatic rings. The van der Waals surface area contributed by atoms with E-state index in [4.69, 9.17) is 11.6 Å². The average Bonchev–Trinajstić information content (AvgIpc) is 3.26. The third-order valence-electron chi connectivity index (χ3n) is 4.28. The molecule has 0 saturated carbocycles. The van der Waals surface area contributed by atoms with Crippen LogP contribution < -0.4 is 0 Å². The van der Waals surface area contributed by atoms with Gasteiger partial charge in [-0.1, -0.05) is 29.8 Å². The maximum absolute atomic E-state index is 13.0. The van der Waals surface area contributed by atoms with Gasteiger partial charge in [0.2, 0.25) is 0 Å². The number of halogens is 1. The van der Waals surface area contributed by atoms with Crippen LogP contribution in [0.5, 0.6) is 0 Å². The number of hydrogen-bond acceptors (Lipinski definition) is 3. The second-order valence-electron chi connectivity index (χ2n) is 5.80. The summed E-state index contributed by atoms with van der Waals surface area (Å²) in [6.45, 7) is 2.54. The molecule has 1 aromatic carbocycles. The predicted molar refractivity (Wildman–Crippen MR) is 87.4 cm³/mol. The van der Waals surface area contributed by atoms with Gasteiger partial charge in [0.05, 0.1) is 11.1 Å². The molecule has 1 aliphatic heterocycles. The summed E-state index contributed by atoms with van der Waals surface area (Å²) in [6, 6.07) is 7.54. The molecule has 1 atom stereocenters. The van der Waals surface area contributed by atoms with Crippen LogP contribution in [-0.2, 0) is 0 Å². The lowest BCUT2D eigenvalue weighted by atomic mass is 10.2. The van der Waals surface area contributed by atoms with Crippen LogP contribution in [0.4, 0.5) is 0 Å². The lowest BCUT2D eigenvalue weighted by molar-refractivity contribution is 0.0725. The Hall–Kier alpha value is -2.34. The second-order valence-corrected chi connectivity index (χ2v) is 6.17. The van der Waals surface area contributed by atoms with E-state index in [0.29, 0.717) is 23.1 Å². The summed E-state index contributed by atoms with van der Waals surface area (Å²) in [5.41, 5.74) is 1.30. The van der Waals surface area contributed by atoms with Gasteiger partial charge in [0.15, 0.2) is 5.82 Å². The number of likely N-dealkylation sites (tertiary alicyclic amines) is 1. The summed E-state index contributed by atoms with van der Waals surface area (Å²) >= 11 is 6.41. The van der Waals surface area contributed by atoms with E-state index in [0.717, 1.165) is 29.6 Å². The van der Waals surface area contributed by atoms with Gasteiger partial charge in [0, 0.05) is 17.4 Å². The number of fused-ring (bicyclic) bond motifs is 1. The van der Waals surface area contributed by atoms with E-state index in [1.54, 1.807) is 4.90 Å². The van der Waals surface area contributed by atoms with Crippen LogP contribution in [0.15, 0.2) is 24.3 Å². The first kappa shape index (κ1) is 14.3. The summed E-state index contributed by atoms with van der Waals surface area (Å²) in [6.07, 6.45) is 1.79. The molecule has 3 aromatic rings. The summed E-state index contributed by atoms with van der Waals surface area (Å²) in [4.78, 5) is 22.3. The van der Waals surface area contributed by atoms with Crippen molar-refractivity contribution in [2.24, 2.45) is 0 Å². The molecule has 0 spiro atoms. The van der Waals surface area contributed by atoms with Crippen LogP contribution in [0.3, 0.4) is 0 Å². The second kappa shape index (κ2) is 5.38. The van der Waals surface area contributed by atoms with Crippen molar-refractivity contribution in [1.82, 2.24) is 25.1 Å². The summed E-state index contributed by atoms with van der Waals surface area (Å²) in [5.74, 6) is 1.32. The molecule has 3 heterocycles. The van der Waals surface area contributed by atoms with Crippen LogP contribution in [0, 0.1) is 6.92 Å². The molecule has 1 fully saturated rings. The lowest BCUT2D eigenvalue weighted by Gasteiger charge is -2.22. The Kier molecular flexibility index (Phi) is 3.34. The summed E-state index contributed by atoms with van der Waals surface area (Å²) < 4.78 is 0. The Balaban J connectivity index is 1.71. The van der Waals surface area contributed by atoms with Gasteiger partial charge in [-0.15, -0.1) is 0 Å². The van der Waals surface area contributed by atoms with Crippen LogP contribution >= 0.6 is 11.6 Å². The predicted octanol–water partition coefficient (Wildman–Crippen LogP) is 3.23. The number of para-hydroxylation sites is 1. The number of aromatic amines is 2. The number of carbonyl (C=O) groups is 1. The van der Waals surface area contributed by atoms with Gasteiger partial charge in [-0.3, -0.25) is 9.89 Å². The van der Waals surface area contributed by atoms with Crippen LogP contribution in [-0.4, -0.2) is 37.5 Å². The lowest BCUT2D eigenvalue weighted by Crippen LogP contribution is -2.31. The van der Waals surface area contributed by atoms with Crippen molar-refractivity contribution in [2.45, 2.75) is 25.8 Å². The third-order valence-corrected chi connectivity index (χ3v) is 4.68. The fraction of sp³-hybridized carbons (Fsp3) is 0.312. The highest BCUT2D eigenvalue weighted by molar-refractivity contribution is 6.38. The standard InChI is InChI=1S/C16H16ClN5O/c1-9-18-15(21-20-9)12-7-4-8-22(12)16(23)14-13(17)10-5-2-3-6-11(10)19-14/h2-3,5-6,12,19H,4,7-8H2,1H3,(H,18,20,21)/t12-/m1/s1. The molecular weight excluding hydrogens is 314 g/mol. The number of H-pyrrole nitrogens is 2. The molecule has 7 heteroatoms. The van der Waals surface area contributed by atoms with E-state index in [2.05, 4.69) is 20.2 Å². The van der Waals surface area contributed by atoms with E-state index in [1.807, 2.05) is 31.2 Å². The fourth-order valence-corrected chi connectivity index (χ4v) is 3.48. The molecule has 2 aromatic heterocycles. The Bertz CT molecular complexity index is 884. The SMILES string of the molecule is Cc1nc([C@H]2CCCN2C(=O)c2[nH]c3ccccc3c2Cl)n[nH]1. The van der Waals surface area contributed by atoms with Crippen molar-refractivity contribution in [3.63, 3.8) is 0 Å². The molecule has 0 unspecified atom stereocenters. The number of aryl methyl sites for hydroxylation is 1. The van der Waals surface area contributed by atoms with E-state index < -0.39 is 0 Å². The van der Waals surface area contributed by atoms with E-state index in [9.17, 15) is 4.79 Å². The van der Waals surface area contributed by atoms with Crippen molar-refractivity contribution >= 4 is 28.4 Å². The zero-order valence-electron chi connectivity index (χ0n) is 12.6. The number of benzene rings is 1. The quantitative estimate of drug-likeness (QED) is 0.757. The topological polar surface area (TPSA) is 77.7 Å². The Morgan fingerprint density at radius 2 is 2.22 bits per heavy atom. The summed E-state index contributed by atoms with van der Waals surface area (Å²) in [7, 11) is 0. The zero-order chi connectivity index (χ0) is 16.0. The van der Waals surface area contributed by atoms with E-state index >= 15 is 0 Å². The molecule has 0 bridgehead atoms. The van der Waals surface area contributed by atoms with Gasteiger partial charge in [-0.05, 0) is 25.8 Å². The molecule has 6 nitrogen and oxygen atoms in total. The highest BCUT2D eigenvalue weighted by atomic mass is 35.5. The Labute approximate surface area is 137 Å². The minimum Gasteiger partial charge on any atom is -0.349 e.